The van der Waals surface area contributed by atoms with E-state index in [1.54, 1.807) is 24.3 Å². The van der Waals surface area contributed by atoms with Gasteiger partial charge in [0.15, 0.2) is 0 Å². The molecule has 0 atom stereocenters. The smallest absolute Gasteiger partial charge is 0.336 e. The van der Waals surface area contributed by atoms with Crippen molar-refractivity contribution in [2.45, 2.75) is 13.3 Å². The molecule has 0 aliphatic heterocycles. The van der Waals surface area contributed by atoms with Crippen molar-refractivity contribution in [2.75, 3.05) is 0 Å². The van der Waals surface area contributed by atoms with Crippen molar-refractivity contribution in [3.63, 3.8) is 0 Å². The van der Waals surface area contributed by atoms with Crippen LogP contribution in [0, 0.1) is 7.14 Å². The molecule has 0 saturated heterocycles. The summed E-state index contributed by atoms with van der Waals surface area (Å²) in [5.41, 5.74) is 1.82. The number of hydrogen-bond donors (Lipinski definition) is 2. The summed E-state index contributed by atoms with van der Waals surface area (Å²) >= 11 is 4.02. The van der Waals surface area contributed by atoms with Gasteiger partial charge in [-0.25, -0.2) is 9.59 Å². The number of halogens is 2. The van der Waals surface area contributed by atoms with E-state index in [1.807, 2.05) is 70.3 Å². The number of benzene rings is 2. The van der Waals surface area contributed by atoms with Crippen LogP contribution in [0.3, 0.4) is 0 Å². The van der Waals surface area contributed by atoms with E-state index < -0.39 is 11.9 Å². The first-order valence-electron chi connectivity index (χ1n) is 6.36. The molecule has 0 unspecified atom stereocenters. The third-order valence-corrected chi connectivity index (χ3v) is 4.66. The van der Waals surface area contributed by atoms with Crippen LogP contribution in [0.25, 0.3) is 0 Å². The second kappa shape index (κ2) is 9.09. The van der Waals surface area contributed by atoms with Crippen molar-refractivity contribution in [3.05, 3.63) is 66.3 Å². The van der Waals surface area contributed by atoms with E-state index in [2.05, 4.69) is 0 Å². The van der Waals surface area contributed by atoms with Crippen LogP contribution in [0.15, 0.2) is 42.5 Å². The number of carboxylic acid groups (broad SMARTS) is 2. The fraction of sp³-hybridized carbons (Fsp3) is 0.125. The highest BCUT2D eigenvalue weighted by molar-refractivity contribution is 14.1. The lowest BCUT2D eigenvalue weighted by Gasteiger charge is -2.01. The summed E-state index contributed by atoms with van der Waals surface area (Å²) in [4.78, 5) is 21.1. The van der Waals surface area contributed by atoms with Crippen LogP contribution >= 0.6 is 45.2 Å². The monoisotopic (exact) mass is 524 g/mol. The van der Waals surface area contributed by atoms with Gasteiger partial charge in [0.2, 0.25) is 0 Å². The molecule has 0 bridgehead atoms. The SMILES string of the molecule is CCc1ccc(I)c(C(=O)O)c1.O=C(O)c1ccccc1I. The standard InChI is InChI=1S/C9H9IO2.C7H5IO2/c1-2-6-3-4-8(10)7(5-6)9(11)12;8-6-4-2-1-3-5(6)7(9)10/h3-5H,2H2,1H3,(H,11,12);1-4H,(H,9,10). The molecule has 116 valence electrons. The van der Waals surface area contributed by atoms with Gasteiger partial charge in [-0.15, -0.1) is 0 Å². The third kappa shape index (κ3) is 5.56. The van der Waals surface area contributed by atoms with Gasteiger partial charge in [0.05, 0.1) is 11.1 Å². The minimum atomic E-state index is -0.870. The van der Waals surface area contributed by atoms with Gasteiger partial charge in [-0.05, 0) is 81.4 Å². The van der Waals surface area contributed by atoms with Crippen molar-refractivity contribution < 1.29 is 19.8 Å². The highest BCUT2D eigenvalue weighted by Gasteiger charge is 2.07. The van der Waals surface area contributed by atoms with Gasteiger partial charge in [0.1, 0.15) is 0 Å². The summed E-state index contributed by atoms with van der Waals surface area (Å²) in [6.07, 6.45) is 0.872. The highest BCUT2D eigenvalue weighted by atomic mass is 127. The second-order valence-electron chi connectivity index (χ2n) is 4.26. The molecule has 2 aromatic carbocycles. The summed E-state index contributed by atoms with van der Waals surface area (Å²) in [7, 11) is 0. The van der Waals surface area contributed by atoms with Crippen molar-refractivity contribution in [2.24, 2.45) is 0 Å². The molecule has 0 fully saturated rings. The van der Waals surface area contributed by atoms with Crippen molar-refractivity contribution in [1.29, 1.82) is 0 Å². The zero-order valence-electron chi connectivity index (χ0n) is 11.7. The predicted molar refractivity (Wildman–Crippen MR) is 102 cm³/mol. The molecule has 2 rings (SSSR count). The van der Waals surface area contributed by atoms with E-state index in [1.165, 1.54) is 0 Å². The Kier molecular flexibility index (Phi) is 7.80. The third-order valence-electron chi connectivity index (χ3n) is 2.77. The van der Waals surface area contributed by atoms with E-state index in [-0.39, 0.29) is 0 Å². The lowest BCUT2D eigenvalue weighted by Crippen LogP contribution is -2.00. The quantitative estimate of drug-likeness (QED) is 0.579. The maximum atomic E-state index is 10.7. The Bertz CT molecular complexity index is 684. The summed E-state index contributed by atoms with van der Waals surface area (Å²) in [5.74, 6) is -1.72. The van der Waals surface area contributed by atoms with Crippen LogP contribution in [0.4, 0.5) is 0 Å². The lowest BCUT2D eigenvalue weighted by molar-refractivity contribution is 0.0685. The number of carbonyl (C=O) groups is 2. The number of aryl methyl sites for hydroxylation is 1. The first kappa shape index (κ1) is 18.9. The number of hydrogen-bond acceptors (Lipinski definition) is 2. The predicted octanol–water partition coefficient (Wildman–Crippen LogP) is 4.54. The van der Waals surface area contributed by atoms with E-state index >= 15 is 0 Å². The van der Waals surface area contributed by atoms with Gasteiger partial charge in [-0.3, -0.25) is 0 Å². The molecule has 2 N–H and O–H groups in total. The molecule has 0 radical (unpaired) electrons. The van der Waals surface area contributed by atoms with Gasteiger partial charge in [0.25, 0.3) is 0 Å². The molecular formula is C16H14I2O4. The van der Waals surface area contributed by atoms with Crippen LogP contribution in [-0.4, -0.2) is 22.2 Å². The average Bonchev–Trinajstić information content (AvgIpc) is 2.48. The second-order valence-corrected chi connectivity index (χ2v) is 6.58. The topological polar surface area (TPSA) is 74.6 Å². The molecule has 0 amide bonds. The minimum Gasteiger partial charge on any atom is -0.478 e. The normalized spacial score (nSPS) is 9.59. The fourth-order valence-corrected chi connectivity index (χ4v) is 2.78. The Morgan fingerprint density at radius 1 is 0.909 bits per heavy atom. The Morgan fingerprint density at radius 2 is 1.45 bits per heavy atom. The molecule has 0 spiro atoms. The first-order valence-corrected chi connectivity index (χ1v) is 8.52. The Labute approximate surface area is 155 Å². The van der Waals surface area contributed by atoms with Crippen LogP contribution in [0.5, 0.6) is 0 Å². The molecule has 0 heterocycles. The maximum Gasteiger partial charge on any atom is 0.336 e. The molecule has 4 nitrogen and oxygen atoms in total. The Hall–Kier alpha value is -1.16. The Morgan fingerprint density at radius 3 is 1.91 bits per heavy atom. The Balaban J connectivity index is 0.000000224. The molecule has 0 aromatic heterocycles. The van der Waals surface area contributed by atoms with Gasteiger partial charge in [0, 0.05) is 7.14 Å². The summed E-state index contributed by atoms with van der Waals surface area (Å²) in [5, 5.41) is 17.3. The van der Waals surface area contributed by atoms with Crippen LogP contribution in [-0.2, 0) is 6.42 Å². The maximum absolute atomic E-state index is 10.7. The van der Waals surface area contributed by atoms with E-state index in [0.29, 0.717) is 11.1 Å². The van der Waals surface area contributed by atoms with Crippen LogP contribution in [0.1, 0.15) is 33.2 Å². The summed E-state index contributed by atoms with van der Waals surface area (Å²) in [6.45, 7) is 2.01. The number of rotatable bonds is 3. The largest absolute Gasteiger partial charge is 0.478 e. The molecule has 2 aromatic rings. The molecule has 0 aliphatic rings. The summed E-state index contributed by atoms with van der Waals surface area (Å²) < 4.78 is 1.56. The number of aromatic carboxylic acids is 2. The van der Waals surface area contributed by atoms with Crippen LogP contribution < -0.4 is 0 Å². The fourth-order valence-electron chi connectivity index (χ4n) is 1.59. The summed E-state index contributed by atoms with van der Waals surface area (Å²) in [6, 6.07) is 12.4. The molecule has 22 heavy (non-hydrogen) atoms. The minimum absolute atomic E-state index is 0.364. The van der Waals surface area contributed by atoms with Gasteiger partial charge < -0.3 is 10.2 Å². The zero-order valence-corrected chi connectivity index (χ0v) is 16.0. The van der Waals surface area contributed by atoms with Gasteiger partial charge >= 0.3 is 11.9 Å². The zero-order chi connectivity index (χ0) is 16.7. The van der Waals surface area contributed by atoms with Gasteiger partial charge in [-0.2, -0.15) is 0 Å². The highest BCUT2D eigenvalue weighted by Crippen LogP contribution is 2.14. The van der Waals surface area contributed by atoms with Crippen molar-refractivity contribution in [3.8, 4) is 0 Å². The average molecular weight is 524 g/mol. The van der Waals surface area contributed by atoms with E-state index in [9.17, 15) is 9.59 Å². The number of carboxylic acids is 2. The van der Waals surface area contributed by atoms with Crippen molar-refractivity contribution >= 4 is 57.1 Å². The van der Waals surface area contributed by atoms with E-state index in [0.717, 1.165) is 19.1 Å². The van der Waals surface area contributed by atoms with Crippen LogP contribution in [0.2, 0.25) is 0 Å². The molecule has 0 aliphatic carbocycles. The first-order chi connectivity index (χ1) is 10.4. The lowest BCUT2D eigenvalue weighted by atomic mass is 10.1. The van der Waals surface area contributed by atoms with E-state index in [4.69, 9.17) is 10.2 Å². The van der Waals surface area contributed by atoms with Gasteiger partial charge in [-0.1, -0.05) is 25.1 Å². The molecule has 0 saturated carbocycles. The molecular weight excluding hydrogens is 510 g/mol. The molecule has 6 heteroatoms. The van der Waals surface area contributed by atoms with Crippen molar-refractivity contribution in [1.82, 2.24) is 0 Å².